The van der Waals surface area contributed by atoms with Gasteiger partial charge < -0.3 is 24.7 Å². The molecule has 2 aromatic carbocycles. The van der Waals surface area contributed by atoms with Gasteiger partial charge in [0, 0.05) is 63.5 Å². The van der Waals surface area contributed by atoms with Crippen LogP contribution in [0.1, 0.15) is 85.4 Å². The number of aromatic nitrogens is 1. The van der Waals surface area contributed by atoms with E-state index in [9.17, 15) is 5.21 Å². The molecule has 2 N–H and O–H groups in total. The summed E-state index contributed by atoms with van der Waals surface area (Å²) in [5.74, 6) is 1.72. The summed E-state index contributed by atoms with van der Waals surface area (Å²) < 4.78 is 12.5. The van der Waals surface area contributed by atoms with E-state index in [0.717, 1.165) is 81.8 Å². The van der Waals surface area contributed by atoms with Crippen molar-refractivity contribution in [1.29, 1.82) is 0 Å². The maximum Gasteiger partial charge on any atom is 0.225 e. The van der Waals surface area contributed by atoms with Gasteiger partial charge in [-0.2, -0.15) is 10.0 Å². The third-order valence-electron chi connectivity index (χ3n) is 9.34. The van der Waals surface area contributed by atoms with Crippen LogP contribution in [-0.2, 0) is 13.2 Å². The molecule has 1 unspecified atom stereocenters. The van der Waals surface area contributed by atoms with Gasteiger partial charge in [0.15, 0.2) is 0 Å². The average molecular weight is 727 g/mol. The molecule has 3 aromatic rings. The number of nitrogens with zero attached hydrogens (tertiary/aromatic N) is 4. The minimum absolute atomic E-state index is 0. The maximum atomic E-state index is 9.53. The molecule has 0 radical (unpaired) electrons. The molecule has 290 valence electrons. The van der Waals surface area contributed by atoms with E-state index in [2.05, 4.69) is 58.4 Å². The fourth-order valence-electron chi connectivity index (χ4n) is 6.83. The van der Waals surface area contributed by atoms with Gasteiger partial charge in [-0.25, -0.2) is 0 Å². The van der Waals surface area contributed by atoms with Crippen molar-refractivity contribution in [2.45, 2.75) is 93.6 Å². The predicted octanol–water partition coefficient (Wildman–Crippen LogP) is 9.06. The van der Waals surface area contributed by atoms with E-state index in [0.29, 0.717) is 36.9 Å². The molecule has 8 nitrogen and oxygen atoms in total. The van der Waals surface area contributed by atoms with Crippen LogP contribution in [0.4, 0.5) is 0 Å². The highest BCUT2D eigenvalue weighted by Crippen LogP contribution is 2.42. The lowest BCUT2D eigenvalue weighted by Gasteiger charge is -2.46. The van der Waals surface area contributed by atoms with Crippen molar-refractivity contribution >= 4 is 5.57 Å². The Kier molecular flexibility index (Phi) is 17.4. The normalized spacial score (nSPS) is 19.1. The highest BCUT2D eigenvalue weighted by Gasteiger charge is 2.33. The van der Waals surface area contributed by atoms with Crippen molar-refractivity contribution in [3.8, 4) is 11.8 Å². The molecular weight excluding hydrogens is 661 g/mol. The number of allylic oxidation sites excluding steroid dienone is 5. The summed E-state index contributed by atoms with van der Waals surface area (Å²) in [7, 11) is 0. The van der Waals surface area contributed by atoms with Crippen molar-refractivity contribution in [2.24, 2.45) is 5.92 Å². The summed E-state index contributed by atoms with van der Waals surface area (Å²) in [6.45, 7) is 17.2. The zero-order valence-electron chi connectivity index (χ0n) is 31.3. The summed E-state index contributed by atoms with van der Waals surface area (Å²) in [6.07, 6.45) is 10.4. The second-order valence-corrected chi connectivity index (χ2v) is 14.6. The molecule has 2 fully saturated rings. The van der Waals surface area contributed by atoms with Crippen LogP contribution in [-0.4, -0.2) is 87.6 Å². The number of aliphatic hydroxyl groups is 1. The van der Waals surface area contributed by atoms with E-state index in [1.54, 1.807) is 26.3 Å². The fraction of sp³-hybridized carbons (Fsp3) is 0.489. The average Bonchev–Trinajstić information content (AvgIpc) is 3.13. The van der Waals surface area contributed by atoms with Gasteiger partial charge in [-0.3, -0.25) is 4.90 Å². The third-order valence-corrected chi connectivity index (χ3v) is 9.34. The van der Waals surface area contributed by atoms with Crippen LogP contribution in [0, 0.1) is 5.92 Å². The zero-order valence-corrected chi connectivity index (χ0v) is 31.3. The van der Waals surface area contributed by atoms with Crippen LogP contribution < -0.4 is 9.47 Å². The standard InChI is InChI=1S/C37H42N4O3.C4H10O.C2H6.2CH4/c42-41-24-32(25-41)40-20-18-39(19-21-40)23-30-14-15-33-31(22-30)12-7-13-34(33)35-16-17-36(43-26-28-8-3-1-4-9-28)38-37(35)44-27-29-10-5-2-6-11-29;1-4(2,3)5;1-2;;/h1-6,8-11,13-17,30,32,42H,7,12,18-27H2;5H,1-3H3;1-2H3;2*1H4. The Hall–Kier alpha value is -3.79. The monoisotopic (exact) mass is 727 g/mol. The molecule has 3 heterocycles. The topological polar surface area (TPSA) is 81.5 Å². The Labute approximate surface area is 320 Å². The molecule has 4 aliphatic rings. The second-order valence-electron chi connectivity index (χ2n) is 14.6. The third kappa shape index (κ3) is 13.2. The SMILES string of the molecule is C.C.CC.CC(C)(C)O.ON1CC(N2CCN(CC3C=CC4=C(CCC=C4c4ccc(OCc5ccccc5)nc4OCc4ccccc4)C3)CC2)C1. The van der Waals surface area contributed by atoms with E-state index in [1.165, 1.54) is 16.2 Å². The Bertz CT molecular complexity index is 1600. The molecule has 0 amide bonds. The van der Waals surface area contributed by atoms with E-state index in [-0.39, 0.29) is 14.9 Å². The zero-order chi connectivity index (χ0) is 36.2. The van der Waals surface area contributed by atoms with Gasteiger partial charge in [-0.05, 0) is 74.3 Å². The Balaban J connectivity index is 0.000000778. The lowest BCUT2D eigenvalue weighted by atomic mass is 9.79. The largest absolute Gasteiger partial charge is 0.473 e. The first-order chi connectivity index (χ1) is 24.7. The number of hydrogen-bond acceptors (Lipinski definition) is 8. The molecule has 2 aliphatic carbocycles. The van der Waals surface area contributed by atoms with Gasteiger partial charge >= 0.3 is 0 Å². The first-order valence-corrected chi connectivity index (χ1v) is 18.8. The van der Waals surface area contributed by atoms with Crippen molar-refractivity contribution < 1.29 is 19.8 Å². The molecule has 2 saturated heterocycles. The second kappa shape index (κ2) is 21.2. The molecule has 8 heteroatoms. The summed E-state index contributed by atoms with van der Waals surface area (Å²) in [5.41, 5.74) is 6.84. The number of hydrogen-bond donors (Lipinski definition) is 2. The molecule has 0 bridgehead atoms. The number of hydroxylamine groups is 2. The molecule has 7 rings (SSSR count). The molecule has 2 aliphatic heterocycles. The van der Waals surface area contributed by atoms with Gasteiger partial charge in [0.05, 0.1) is 5.60 Å². The van der Waals surface area contributed by atoms with Gasteiger partial charge in [-0.1, -0.05) is 113 Å². The Morgan fingerprint density at radius 1 is 0.811 bits per heavy atom. The fourth-order valence-corrected chi connectivity index (χ4v) is 6.83. The molecule has 0 spiro atoms. The smallest absolute Gasteiger partial charge is 0.225 e. The Morgan fingerprint density at radius 2 is 1.40 bits per heavy atom. The summed E-state index contributed by atoms with van der Waals surface area (Å²) in [5, 5.41) is 19.5. The number of pyridine rings is 1. The van der Waals surface area contributed by atoms with E-state index in [4.69, 9.17) is 19.6 Å². The molecule has 0 saturated carbocycles. The van der Waals surface area contributed by atoms with Crippen molar-refractivity contribution in [1.82, 2.24) is 19.8 Å². The number of ether oxygens (including phenoxy) is 2. The van der Waals surface area contributed by atoms with Crippen molar-refractivity contribution in [3.05, 3.63) is 119 Å². The quantitative estimate of drug-likeness (QED) is 0.214. The lowest BCUT2D eigenvalue weighted by molar-refractivity contribution is -0.178. The molecule has 1 atom stereocenters. The first-order valence-electron chi connectivity index (χ1n) is 18.8. The van der Waals surface area contributed by atoms with Crippen LogP contribution in [0.25, 0.3) is 5.57 Å². The van der Waals surface area contributed by atoms with Gasteiger partial charge in [0.25, 0.3) is 0 Å². The van der Waals surface area contributed by atoms with Crippen LogP contribution in [0.3, 0.4) is 0 Å². The van der Waals surface area contributed by atoms with E-state index in [1.807, 2.05) is 56.3 Å². The summed E-state index contributed by atoms with van der Waals surface area (Å²) in [6, 6.07) is 25.0. The van der Waals surface area contributed by atoms with E-state index < -0.39 is 5.60 Å². The van der Waals surface area contributed by atoms with Crippen molar-refractivity contribution in [3.63, 3.8) is 0 Å². The highest BCUT2D eigenvalue weighted by atomic mass is 16.5. The Morgan fingerprint density at radius 3 is 1.98 bits per heavy atom. The minimum atomic E-state index is -0.500. The predicted molar refractivity (Wildman–Crippen MR) is 219 cm³/mol. The van der Waals surface area contributed by atoms with Crippen molar-refractivity contribution in [2.75, 3.05) is 45.8 Å². The lowest BCUT2D eigenvalue weighted by Crippen LogP contribution is -2.62. The summed E-state index contributed by atoms with van der Waals surface area (Å²) in [4.78, 5) is 10.1. The van der Waals surface area contributed by atoms with Crippen LogP contribution >= 0.6 is 0 Å². The first kappa shape index (κ1) is 43.6. The minimum Gasteiger partial charge on any atom is -0.473 e. The number of piperazine rings is 1. The van der Waals surface area contributed by atoms with Crippen LogP contribution in [0.2, 0.25) is 0 Å². The molecule has 53 heavy (non-hydrogen) atoms. The molecule has 1 aromatic heterocycles. The molecular formula is C45H66N4O4. The van der Waals surface area contributed by atoms with Gasteiger partial charge in [0.1, 0.15) is 13.2 Å². The summed E-state index contributed by atoms with van der Waals surface area (Å²) >= 11 is 0. The number of rotatable bonds is 10. The van der Waals surface area contributed by atoms with Crippen LogP contribution in [0.15, 0.2) is 102 Å². The number of benzene rings is 2. The van der Waals surface area contributed by atoms with Gasteiger partial charge in [0.2, 0.25) is 11.8 Å². The van der Waals surface area contributed by atoms with Gasteiger partial charge in [-0.15, -0.1) is 0 Å². The highest BCUT2D eigenvalue weighted by molar-refractivity contribution is 5.86. The van der Waals surface area contributed by atoms with Crippen LogP contribution in [0.5, 0.6) is 11.8 Å². The maximum absolute atomic E-state index is 9.53. The van der Waals surface area contributed by atoms with E-state index >= 15 is 0 Å².